The average molecular weight is 516 g/mol. The second-order valence-electron chi connectivity index (χ2n) is 10.7. The van der Waals surface area contributed by atoms with E-state index in [1.807, 2.05) is 31.3 Å². The summed E-state index contributed by atoms with van der Waals surface area (Å²) in [6.45, 7) is 8.36. The van der Waals surface area contributed by atoms with Crippen LogP contribution in [-0.2, 0) is 0 Å². The maximum Gasteiger partial charge on any atom is 0.162 e. The third-order valence-electron chi connectivity index (χ3n) is 7.39. The van der Waals surface area contributed by atoms with Crippen molar-refractivity contribution >= 4 is 33.9 Å². The van der Waals surface area contributed by atoms with Gasteiger partial charge in [-0.25, -0.2) is 19.9 Å². The summed E-state index contributed by atoms with van der Waals surface area (Å²) in [5.74, 6) is 2.65. The van der Waals surface area contributed by atoms with Crippen molar-refractivity contribution in [2.45, 2.75) is 33.2 Å². The molecule has 1 aliphatic carbocycles. The van der Waals surface area contributed by atoms with Crippen LogP contribution in [0.15, 0.2) is 61.2 Å². The SMILES string of the molecule is Cc1cc(C#N)cnc1Nc1cc(-c2nc(NC3CCNCC3(C)C)c3c(C4=CC=C4)cncc3n2)ccn1. The third kappa shape index (κ3) is 4.82. The van der Waals surface area contributed by atoms with Gasteiger partial charge in [0, 0.05) is 42.3 Å². The largest absolute Gasteiger partial charge is 0.366 e. The first kappa shape index (κ1) is 24.6. The number of allylic oxidation sites excluding steroid dienone is 4. The molecule has 0 spiro atoms. The summed E-state index contributed by atoms with van der Waals surface area (Å²) >= 11 is 0. The number of pyridine rings is 3. The molecule has 1 fully saturated rings. The van der Waals surface area contributed by atoms with E-state index in [0.717, 1.165) is 58.5 Å². The maximum atomic E-state index is 9.14. The highest BCUT2D eigenvalue weighted by atomic mass is 15.1. The summed E-state index contributed by atoms with van der Waals surface area (Å²) in [5.41, 5.74) is 5.18. The molecule has 5 heterocycles. The number of hydrogen-bond acceptors (Lipinski definition) is 9. The summed E-state index contributed by atoms with van der Waals surface area (Å²) in [5, 5.41) is 20.7. The Labute approximate surface area is 227 Å². The molecule has 1 atom stereocenters. The molecule has 194 valence electrons. The molecule has 39 heavy (non-hydrogen) atoms. The quantitative estimate of drug-likeness (QED) is 0.319. The number of aromatic nitrogens is 5. The van der Waals surface area contributed by atoms with Gasteiger partial charge in [-0.3, -0.25) is 4.98 Å². The number of fused-ring (bicyclic) bond motifs is 1. The van der Waals surface area contributed by atoms with Crippen LogP contribution in [0, 0.1) is 23.7 Å². The van der Waals surface area contributed by atoms with Gasteiger partial charge in [0.05, 0.1) is 22.7 Å². The zero-order valence-corrected chi connectivity index (χ0v) is 22.2. The van der Waals surface area contributed by atoms with E-state index in [-0.39, 0.29) is 11.5 Å². The summed E-state index contributed by atoms with van der Waals surface area (Å²) in [6, 6.07) is 7.97. The van der Waals surface area contributed by atoms with Gasteiger partial charge in [0.2, 0.25) is 0 Å². The zero-order chi connectivity index (χ0) is 27.0. The lowest BCUT2D eigenvalue weighted by molar-refractivity contribution is 0.236. The van der Waals surface area contributed by atoms with Crippen LogP contribution in [0.2, 0.25) is 0 Å². The Morgan fingerprint density at radius 3 is 2.72 bits per heavy atom. The molecule has 0 radical (unpaired) electrons. The molecule has 1 unspecified atom stereocenters. The lowest BCUT2D eigenvalue weighted by Crippen LogP contribution is -2.49. The van der Waals surface area contributed by atoms with E-state index < -0.39 is 0 Å². The lowest BCUT2D eigenvalue weighted by atomic mass is 9.80. The Hall–Kier alpha value is -4.68. The minimum Gasteiger partial charge on any atom is -0.366 e. The molecule has 0 saturated carbocycles. The normalized spacial score (nSPS) is 17.7. The van der Waals surface area contributed by atoms with Crippen LogP contribution in [0.25, 0.3) is 27.9 Å². The number of aryl methyl sites for hydroxylation is 1. The van der Waals surface area contributed by atoms with E-state index >= 15 is 0 Å². The van der Waals surface area contributed by atoms with Gasteiger partial charge in [-0.05, 0) is 54.6 Å². The topological polar surface area (TPSA) is 124 Å². The lowest BCUT2D eigenvalue weighted by Gasteiger charge is -2.40. The number of nitrogens with one attached hydrogen (secondary N) is 3. The van der Waals surface area contributed by atoms with Gasteiger partial charge in [-0.1, -0.05) is 32.1 Å². The van der Waals surface area contributed by atoms with Gasteiger partial charge in [0.1, 0.15) is 23.5 Å². The molecule has 1 aliphatic heterocycles. The predicted octanol–water partition coefficient (Wildman–Crippen LogP) is 5.16. The van der Waals surface area contributed by atoms with Crippen molar-refractivity contribution in [3.8, 4) is 17.5 Å². The molecule has 1 saturated heterocycles. The second-order valence-corrected chi connectivity index (χ2v) is 10.7. The van der Waals surface area contributed by atoms with Gasteiger partial charge in [0.25, 0.3) is 0 Å². The molecule has 0 bridgehead atoms. The molecule has 4 aromatic rings. The summed E-state index contributed by atoms with van der Waals surface area (Å²) in [7, 11) is 0. The molecule has 9 nitrogen and oxygen atoms in total. The summed E-state index contributed by atoms with van der Waals surface area (Å²) in [6.07, 6.45) is 14.2. The van der Waals surface area contributed by atoms with Gasteiger partial charge < -0.3 is 16.0 Å². The van der Waals surface area contributed by atoms with E-state index in [1.54, 1.807) is 24.7 Å². The Kier molecular flexibility index (Phi) is 6.25. The molecule has 3 N–H and O–H groups in total. The first-order chi connectivity index (χ1) is 18.9. The standard InChI is InChI=1S/C30H29N9/c1-18-11-19(13-31)14-35-27(18)38-25-12-21(7-10-34-25)28-36-23-16-33-15-22(20-5-4-6-20)26(23)29(39-28)37-24-8-9-32-17-30(24,2)3/h4-7,10-12,14-16,24,32H,8-9,17H2,1-3H3,(H,34,35,38)(H,36,37,39). The number of nitrogens with zero attached hydrogens (tertiary/aromatic N) is 6. The van der Waals surface area contributed by atoms with Crippen LogP contribution in [0.5, 0.6) is 0 Å². The third-order valence-corrected chi connectivity index (χ3v) is 7.39. The van der Waals surface area contributed by atoms with E-state index in [4.69, 9.17) is 15.2 Å². The van der Waals surface area contributed by atoms with Crippen molar-refractivity contribution in [2.24, 2.45) is 5.41 Å². The molecule has 2 aliphatic rings. The Morgan fingerprint density at radius 1 is 1.10 bits per heavy atom. The highest BCUT2D eigenvalue weighted by molar-refractivity contribution is 6.02. The van der Waals surface area contributed by atoms with E-state index in [0.29, 0.717) is 23.0 Å². The summed E-state index contributed by atoms with van der Waals surface area (Å²) in [4.78, 5) is 23.4. The summed E-state index contributed by atoms with van der Waals surface area (Å²) < 4.78 is 0. The number of rotatable bonds is 6. The molecule has 9 heteroatoms. The molecule has 0 amide bonds. The highest BCUT2D eigenvalue weighted by Crippen LogP contribution is 2.36. The fourth-order valence-electron chi connectivity index (χ4n) is 5.04. The first-order valence-corrected chi connectivity index (χ1v) is 13.0. The van der Waals surface area contributed by atoms with Crippen molar-refractivity contribution in [1.29, 1.82) is 5.26 Å². The van der Waals surface area contributed by atoms with Gasteiger partial charge in [-0.2, -0.15) is 5.26 Å². The number of nitriles is 1. The first-order valence-electron chi connectivity index (χ1n) is 13.0. The van der Waals surface area contributed by atoms with Crippen molar-refractivity contribution in [3.63, 3.8) is 0 Å². The van der Waals surface area contributed by atoms with Crippen LogP contribution >= 0.6 is 0 Å². The smallest absolute Gasteiger partial charge is 0.162 e. The Bertz CT molecular complexity index is 1680. The molecule has 0 aromatic carbocycles. The zero-order valence-electron chi connectivity index (χ0n) is 22.2. The number of anilines is 3. The predicted molar refractivity (Wildman–Crippen MR) is 153 cm³/mol. The van der Waals surface area contributed by atoms with Crippen LogP contribution < -0.4 is 16.0 Å². The Morgan fingerprint density at radius 2 is 1.97 bits per heavy atom. The molecule has 6 rings (SSSR count). The number of hydrogen-bond donors (Lipinski definition) is 3. The van der Waals surface area contributed by atoms with Gasteiger partial charge in [0.15, 0.2) is 5.82 Å². The van der Waals surface area contributed by atoms with Crippen LogP contribution in [0.4, 0.5) is 17.5 Å². The fourth-order valence-corrected chi connectivity index (χ4v) is 5.04. The van der Waals surface area contributed by atoms with Crippen molar-refractivity contribution in [2.75, 3.05) is 23.7 Å². The van der Waals surface area contributed by atoms with Crippen molar-refractivity contribution in [1.82, 2.24) is 30.2 Å². The van der Waals surface area contributed by atoms with E-state index in [1.165, 1.54) is 0 Å². The average Bonchev–Trinajstić information content (AvgIpc) is 2.90. The molecular weight excluding hydrogens is 486 g/mol. The fraction of sp³-hybridized carbons (Fsp3) is 0.267. The maximum absolute atomic E-state index is 9.14. The Balaban J connectivity index is 1.42. The second kappa shape index (κ2) is 9.89. The van der Waals surface area contributed by atoms with E-state index in [9.17, 15) is 0 Å². The van der Waals surface area contributed by atoms with Gasteiger partial charge >= 0.3 is 0 Å². The highest BCUT2D eigenvalue weighted by Gasteiger charge is 2.33. The number of piperidine rings is 1. The van der Waals surface area contributed by atoms with Crippen molar-refractivity contribution < 1.29 is 0 Å². The van der Waals surface area contributed by atoms with Crippen LogP contribution in [-0.4, -0.2) is 44.1 Å². The monoisotopic (exact) mass is 515 g/mol. The van der Waals surface area contributed by atoms with Crippen LogP contribution in [0.1, 0.15) is 37.0 Å². The molecule has 4 aromatic heterocycles. The van der Waals surface area contributed by atoms with Gasteiger partial charge in [-0.15, -0.1) is 0 Å². The van der Waals surface area contributed by atoms with E-state index in [2.05, 4.69) is 63.0 Å². The molecular formula is C30H29N9. The minimum atomic E-state index is 0.0538. The minimum absolute atomic E-state index is 0.0538. The van der Waals surface area contributed by atoms with Crippen molar-refractivity contribution in [3.05, 3.63) is 77.9 Å². The van der Waals surface area contributed by atoms with Crippen LogP contribution in [0.3, 0.4) is 0 Å².